The van der Waals surface area contributed by atoms with Crippen molar-refractivity contribution in [2.45, 2.75) is 0 Å². The molecule has 0 aliphatic carbocycles. The van der Waals surface area contributed by atoms with Crippen LogP contribution in [0.25, 0.3) is 0 Å². The van der Waals surface area contributed by atoms with E-state index in [1.54, 1.807) is 0 Å². The van der Waals surface area contributed by atoms with Crippen LogP contribution < -0.4 is 0 Å². The Balaban J connectivity index is -0.000000125. The van der Waals surface area contributed by atoms with Crippen molar-refractivity contribution in [3.05, 3.63) is 0 Å². The van der Waals surface area contributed by atoms with Crippen LogP contribution in [0.1, 0.15) is 0 Å². The molecular formula is CH7Na2O4P. The Hall–Kier alpha value is 2.11. The Bertz CT molecular complexity index is 78.1. The number of phosphoric acid groups is 1. The number of hydrogen-bond donors (Lipinski definition) is 2. The Morgan fingerprint density at radius 1 is 1.38 bits per heavy atom. The maximum absolute atomic E-state index is 9.47. The van der Waals surface area contributed by atoms with Crippen molar-refractivity contribution in [3.8, 4) is 0 Å². The summed E-state index contributed by atoms with van der Waals surface area (Å²) < 4.78 is 13.1. The van der Waals surface area contributed by atoms with Gasteiger partial charge in [-0.25, -0.2) is 4.57 Å². The van der Waals surface area contributed by atoms with Gasteiger partial charge in [-0.3, -0.25) is 4.52 Å². The van der Waals surface area contributed by atoms with E-state index in [2.05, 4.69) is 4.52 Å². The summed E-state index contributed by atoms with van der Waals surface area (Å²) in [5.74, 6) is 0. The Labute approximate surface area is 91.8 Å². The molecule has 42 valence electrons. The quantitative estimate of drug-likeness (QED) is 0.359. The molecule has 4 nitrogen and oxygen atoms in total. The zero-order valence-corrected chi connectivity index (χ0v) is 4.05. The van der Waals surface area contributed by atoms with Crippen molar-refractivity contribution >= 4 is 66.9 Å². The van der Waals surface area contributed by atoms with Gasteiger partial charge in [0.1, 0.15) is 0 Å². The summed E-state index contributed by atoms with van der Waals surface area (Å²) in [4.78, 5) is 15.4. The first-order valence-corrected chi connectivity index (χ1v) is 2.70. The van der Waals surface area contributed by atoms with Crippen LogP contribution in [0.15, 0.2) is 0 Å². The zero-order chi connectivity index (χ0) is 5.21. The summed E-state index contributed by atoms with van der Waals surface area (Å²) in [5, 5.41) is 0. The fourth-order valence-corrected chi connectivity index (χ4v) is 0. The Morgan fingerprint density at radius 2 is 1.50 bits per heavy atom. The molecule has 0 rings (SSSR count). The van der Waals surface area contributed by atoms with E-state index >= 15 is 0 Å². The number of phosphoric ester groups is 1. The van der Waals surface area contributed by atoms with E-state index in [0.29, 0.717) is 0 Å². The fraction of sp³-hybridized carbons (Fsp3) is 1.00. The van der Waals surface area contributed by atoms with E-state index in [9.17, 15) is 4.57 Å². The molecule has 0 spiro atoms. The molecule has 0 amide bonds. The molecule has 0 aliphatic rings. The molecule has 2 N–H and O–H groups in total. The van der Waals surface area contributed by atoms with Crippen LogP contribution in [0.3, 0.4) is 0 Å². The molecule has 0 atom stereocenters. The first-order valence-electron chi connectivity index (χ1n) is 1.17. The molecule has 8 heavy (non-hydrogen) atoms. The number of hydrogen-bond acceptors (Lipinski definition) is 2. The van der Waals surface area contributed by atoms with Gasteiger partial charge in [-0.1, -0.05) is 0 Å². The summed E-state index contributed by atoms with van der Waals surface area (Å²) in [6.45, 7) is 0. The molecule has 0 aromatic heterocycles. The molecule has 7 heteroatoms. The van der Waals surface area contributed by atoms with Crippen LogP contribution in [0.2, 0.25) is 0 Å². The second-order valence-electron chi connectivity index (χ2n) is 0.673. The first kappa shape index (κ1) is 16.6. The van der Waals surface area contributed by atoms with Gasteiger partial charge in [0, 0.05) is 7.11 Å². The average molecular weight is 160 g/mol. The minimum atomic E-state index is -4.15. The predicted octanol–water partition coefficient (Wildman–Crippen LogP) is -1.57. The van der Waals surface area contributed by atoms with Crippen molar-refractivity contribution in [2.75, 3.05) is 7.11 Å². The molecule has 0 saturated heterocycles. The van der Waals surface area contributed by atoms with E-state index < -0.39 is 7.82 Å². The summed E-state index contributed by atoms with van der Waals surface area (Å²) in [7, 11) is -3.20. The van der Waals surface area contributed by atoms with Crippen LogP contribution in [-0.4, -0.2) is 76.0 Å². The summed E-state index contributed by atoms with van der Waals surface area (Å²) >= 11 is 0. The third-order valence-electron chi connectivity index (χ3n) is 0.238. The van der Waals surface area contributed by atoms with Crippen molar-refractivity contribution in [1.82, 2.24) is 0 Å². The molecule has 0 aliphatic heterocycles. The molecule has 0 aromatic rings. The van der Waals surface area contributed by atoms with Crippen molar-refractivity contribution in [2.24, 2.45) is 0 Å². The van der Waals surface area contributed by atoms with Gasteiger partial charge in [0.25, 0.3) is 0 Å². The average Bonchev–Trinajstić information content (AvgIpc) is 1.35. The van der Waals surface area contributed by atoms with Crippen LogP contribution >= 0.6 is 7.82 Å². The van der Waals surface area contributed by atoms with Crippen LogP contribution in [0, 0.1) is 0 Å². The molecule has 0 aromatic carbocycles. The maximum atomic E-state index is 9.47. The van der Waals surface area contributed by atoms with Crippen molar-refractivity contribution in [3.63, 3.8) is 0 Å². The van der Waals surface area contributed by atoms with Gasteiger partial charge in [-0.15, -0.1) is 0 Å². The minimum absolute atomic E-state index is 0. The van der Waals surface area contributed by atoms with E-state index in [-0.39, 0.29) is 59.1 Å². The summed E-state index contributed by atoms with van der Waals surface area (Å²) in [5.41, 5.74) is 0. The SMILES string of the molecule is COP(=O)(O)O.[NaH].[NaH]. The van der Waals surface area contributed by atoms with Crippen LogP contribution in [0.4, 0.5) is 0 Å². The molecule has 0 saturated carbocycles. The molecule has 0 bridgehead atoms. The third kappa shape index (κ3) is 15.7. The second kappa shape index (κ2) is 7.22. The Kier molecular flexibility index (Phi) is 15.0. The van der Waals surface area contributed by atoms with Crippen LogP contribution in [0.5, 0.6) is 0 Å². The third-order valence-corrected chi connectivity index (χ3v) is 0.714. The summed E-state index contributed by atoms with van der Waals surface area (Å²) in [6.07, 6.45) is 0. The molecule has 0 unspecified atom stereocenters. The van der Waals surface area contributed by atoms with Gasteiger partial charge >= 0.3 is 66.9 Å². The van der Waals surface area contributed by atoms with Crippen molar-refractivity contribution in [1.29, 1.82) is 0 Å². The van der Waals surface area contributed by atoms with E-state index in [0.717, 1.165) is 7.11 Å². The summed E-state index contributed by atoms with van der Waals surface area (Å²) in [6, 6.07) is 0. The molecular weight excluding hydrogens is 153 g/mol. The van der Waals surface area contributed by atoms with Crippen molar-refractivity contribution < 1.29 is 18.9 Å². The van der Waals surface area contributed by atoms with E-state index in [4.69, 9.17) is 9.79 Å². The van der Waals surface area contributed by atoms with Gasteiger partial charge in [0.15, 0.2) is 0 Å². The zero-order valence-electron chi connectivity index (χ0n) is 3.16. The second-order valence-corrected chi connectivity index (χ2v) is 2.02. The normalized spacial score (nSPS) is 8.88. The van der Waals surface area contributed by atoms with E-state index in [1.807, 2.05) is 0 Å². The monoisotopic (exact) mass is 160 g/mol. The molecule has 0 heterocycles. The standard InChI is InChI=1S/CH5O4P.2Na.2H/c1-5-6(2,3)4;;;;/h1H3,(H2,2,3,4);;;;. The number of rotatable bonds is 1. The first-order chi connectivity index (χ1) is 2.56. The topological polar surface area (TPSA) is 66.8 Å². The Morgan fingerprint density at radius 3 is 1.50 bits per heavy atom. The van der Waals surface area contributed by atoms with Gasteiger partial charge in [0.2, 0.25) is 0 Å². The van der Waals surface area contributed by atoms with Gasteiger partial charge in [0.05, 0.1) is 0 Å². The van der Waals surface area contributed by atoms with Gasteiger partial charge in [-0.05, 0) is 0 Å². The van der Waals surface area contributed by atoms with E-state index in [1.165, 1.54) is 0 Å². The van der Waals surface area contributed by atoms with Gasteiger partial charge < -0.3 is 9.79 Å². The molecule has 0 fully saturated rings. The van der Waals surface area contributed by atoms with Gasteiger partial charge in [-0.2, -0.15) is 0 Å². The molecule has 0 radical (unpaired) electrons. The van der Waals surface area contributed by atoms with Crippen LogP contribution in [-0.2, 0) is 9.09 Å². The fourth-order valence-electron chi connectivity index (χ4n) is 0. The predicted molar refractivity (Wildman–Crippen MR) is 33.4 cm³/mol.